The summed E-state index contributed by atoms with van der Waals surface area (Å²) in [6, 6.07) is 9.39. The smallest absolute Gasteiger partial charge is 0.238 e. The van der Waals surface area contributed by atoms with Crippen molar-refractivity contribution >= 4 is 17.4 Å². The van der Waals surface area contributed by atoms with Crippen LogP contribution in [0.4, 0.5) is 11.5 Å². The number of hydrogen-bond donors (Lipinski definition) is 2. The lowest BCUT2D eigenvalue weighted by atomic mass is 9.97. The lowest BCUT2D eigenvalue weighted by molar-refractivity contribution is -0.117. The maximum Gasteiger partial charge on any atom is 0.238 e. The summed E-state index contributed by atoms with van der Waals surface area (Å²) in [6.45, 7) is 2.76. The van der Waals surface area contributed by atoms with E-state index in [-0.39, 0.29) is 11.8 Å². The molecule has 2 aromatic rings. The van der Waals surface area contributed by atoms with Crippen molar-refractivity contribution in [2.75, 3.05) is 58.1 Å². The molecule has 8 nitrogen and oxygen atoms in total. The van der Waals surface area contributed by atoms with E-state index in [0.717, 1.165) is 54.7 Å². The van der Waals surface area contributed by atoms with Crippen molar-refractivity contribution in [3.63, 3.8) is 0 Å². The molecule has 0 radical (unpaired) electrons. The fraction of sp³-hybridized carbons (Fsp3) is 0.500. The maximum atomic E-state index is 12.5. The molecule has 0 bridgehead atoms. The summed E-state index contributed by atoms with van der Waals surface area (Å²) in [7, 11) is 7.53. The number of aromatic nitrogens is 2. The number of likely N-dealkylation sites (tertiary alicyclic amines) is 1. The SMILES string of the molecule is CNCc1cc(N(C)C)nc([C@H]2CCCN(CC(=O)Nc3ccc(OC)cc3)C2)n1. The second-order valence-electron chi connectivity index (χ2n) is 7.85. The first-order chi connectivity index (χ1) is 14.5. The summed E-state index contributed by atoms with van der Waals surface area (Å²) in [4.78, 5) is 26.3. The van der Waals surface area contributed by atoms with Gasteiger partial charge in [0.05, 0.1) is 19.3 Å². The van der Waals surface area contributed by atoms with Crippen molar-refractivity contribution < 1.29 is 9.53 Å². The molecule has 1 fully saturated rings. The van der Waals surface area contributed by atoms with E-state index >= 15 is 0 Å². The Balaban J connectivity index is 1.63. The zero-order valence-corrected chi connectivity index (χ0v) is 18.3. The number of nitrogens with zero attached hydrogens (tertiary/aromatic N) is 4. The van der Waals surface area contributed by atoms with Crippen LogP contribution in [0.2, 0.25) is 0 Å². The predicted molar refractivity (Wildman–Crippen MR) is 119 cm³/mol. The molecule has 1 aromatic carbocycles. The van der Waals surface area contributed by atoms with Gasteiger partial charge in [0.1, 0.15) is 17.4 Å². The fourth-order valence-electron chi connectivity index (χ4n) is 3.67. The van der Waals surface area contributed by atoms with Crippen LogP contribution in [0.5, 0.6) is 5.75 Å². The zero-order chi connectivity index (χ0) is 21.5. The molecule has 2 heterocycles. The van der Waals surface area contributed by atoms with Crippen molar-refractivity contribution in [1.82, 2.24) is 20.2 Å². The first kappa shape index (κ1) is 22.0. The second kappa shape index (κ2) is 10.4. The summed E-state index contributed by atoms with van der Waals surface area (Å²) in [5.41, 5.74) is 1.76. The van der Waals surface area contributed by atoms with Gasteiger partial charge in [0.25, 0.3) is 0 Å². The van der Waals surface area contributed by atoms with Crippen molar-refractivity contribution in [3.8, 4) is 5.75 Å². The van der Waals surface area contributed by atoms with Gasteiger partial charge in [0.15, 0.2) is 0 Å². The molecule has 1 aromatic heterocycles. The van der Waals surface area contributed by atoms with E-state index in [1.807, 2.05) is 56.4 Å². The van der Waals surface area contributed by atoms with Gasteiger partial charge in [0.2, 0.25) is 5.91 Å². The standard InChI is InChI=1S/C22H32N6O2/c1-23-13-18-12-20(27(2)3)26-22(25-18)16-6-5-11-28(14-16)15-21(29)24-17-7-9-19(30-4)10-8-17/h7-10,12,16,23H,5-6,11,13-15H2,1-4H3,(H,24,29)/t16-/m0/s1. The van der Waals surface area contributed by atoms with Crippen LogP contribution >= 0.6 is 0 Å². The average Bonchev–Trinajstić information content (AvgIpc) is 2.74. The Morgan fingerprint density at radius 2 is 2.03 bits per heavy atom. The highest BCUT2D eigenvalue weighted by atomic mass is 16.5. The zero-order valence-electron chi connectivity index (χ0n) is 18.3. The minimum atomic E-state index is -0.0142. The van der Waals surface area contributed by atoms with Gasteiger partial charge < -0.3 is 20.3 Å². The molecule has 1 aliphatic heterocycles. The van der Waals surface area contributed by atoms with Crippen LogP contribution < -0.4 is 20.3 Å². The van der Waals surface area contributed by atoms with E-state index in [0.29, 0.717) is 13.1 Å². The van der Waals surface area contributed by atoms with Crippen LogP contribution in [-0.2, 0) is 11.3 Å². The molecule has 30 heavy (non-hydrogen) atoms. The van der Waals surface area contributed by atoms with Gasteiger partial charge >= 0.3 is 0 Å². The van der Waals surface area contributed by atoms with Crippen LogP contribution in [0.25, 0.3) is 0 Å². The summed E-state index contributed by atoms with van der Waals surface area (Å²) in [5, 5.41) is 6.13. The fourth-order valence-corrected chi connectivity index (χ4v) is 3.67. The number of carbonyl (C=O) groups is 1. The first-order valence-electron chi connectivity index (χ1n) is 10.3. The molecule has 3 rings (SSSR count). The van der Waals surface area contributed by atoms with Gasteiger partial charge in [-0.05, 0) is 50.7 Å². The molecule has 0 spiro atoms. The van der Waals surface area contributed by atoms with Gasteiger partial charge in [-0.2, -0.15) is 0 Å². The van der Waals surface area contributed by atoms with E-state index in [1.165, 1.54) is 0 Å². The van der Waals surface area contributed by atoms with Crippen LogP contribution in [0.1, 0.15) is 30.3 Å². The topological polar surface area (TPSA) is 82.6 Å². The number of piperidine rings is 1. The van der Waals surface area contributed by atoms with E-state index < -0.39 is 0 Å². The van der Waals surface area contributed by atoms with E-state index in [9.17, 15) is 4.79 Å². The lowest BCUT2D eigenvalue weighted by Crippen LogP contribution is -2.40. The van der Waals surface area contributed by atoms with Crippen LogP contribution in [0.3, 0.4) is 0 Å². The Kier molecular flexibility index (Phi) is 7.59. The summed E-state index contributed by atoms with van der Waals surface area (Å²) < 4.78 is 5.16. The van der Waals surface area contributed by atoms with Gasteiger partial charge in [-0.1, -0.05) is 0 Å². The number of ether oxygens (including phenoxy) is 1. The number of rotatable bonds is 8. The third kappa shape index (κ3) is 5.90. The van der Waals surface area contributed by atoms with Gasteiger partial charge in [-0.25, -0.2) is 9.97 Å². The number of carbonyl (C=O) groups excluding carboxylic acids is 1. The van der Waals surface area contributed by atoms with E-state index in [2.05, 4.69) is 15.5 Å². The molecule has 2 N–H and O–H groups in total. The monoisotopic (exact) mass is 412 g/mol. The minimum absolute atomic E-state index is 0.0142. The molecule has 8 heteroatoms. The van der Waals surface area contributed by atoms with Gasteiger partial charge in [0, 0.05) is 44.9 Å². The number of benzene rings is 1. The normalized spacial score (nSPS) is 16.9. The Hall–Kier alpha value is -2.71. The summed E-state index contributed by atoms with van der Waals surface area (Å²) >= 11 is 0. The number of anilines is 2. The molecule has 1 atom stereocenters. The first-order valence-corrected chi connectivity index (χ1v) is 10.3. The lowest BCUT2D eigenvalue weighted by Gasteiger charge is -2.31. The molecule has 1 saturated heterocycles. The van der Waals surface area contributed by atoms with Crippen molar-refractivity contribution in [1.29, 1.82) is 0 Å². The van der Waals surface area contributed by atoms with Crippen molar-refractivity contribution in [3.05, 3.63) is 41.9 Å². The molecule has 1 amide bonds. The van der Waals surface area contributed by atoms with Gasteiger partial charge in [-0.15, -0.1) is 0 Å². The Morgan fingerprint density at radius 3 is 2.70 bits per heavy atom. The third-order valence-electron chi connectivity index (χ3n) is 5.21. The predicted octanol–water partition coefficient (Wildman–Crippen LogP) is 2.09. The quantitative estimate of drug-likeness (QED) is 0.687. The Morgan fingerprint density at radius 1 is 1.27 bits per heavy atom. The van der Waals surface area contributed by atoms with E-state index in [4.69, 9.17) is 14.7 Å². The van der Waals surface area contributed by atoms with Crippen LogP contribution in [0.15, 0.2) is 30.3 Å². The number of nitrogens with one attached hydrogen (secondary N) is 2. The average molecular weight is 413 g/mol. The highest BCUT2D eigenvalue weighted by molar-refractivity contribution is 5.92. The highest BCUT2D eigenvalue weighted by Crippen LogP contribution is 2.26. The molecular weight excluding hydrogens is 380 g/mol. The van der Waals surface area contributed by atoms with Crippen molar-refractivity contribution in [2.45, 2.75) is 25.3 Å². The highest BCUT2D eigenvalue weighted by Gasteiger charge is 2.25. The van der Waals surface area contributed by atoms with Crippen LogP contribution in [0, 0.1) is 0 Å². The summed E-state index contributed by atoms with van der Waals surface area (Å²) in [6.07, 6.45) is 2.06. The molecular formula is C22H32N6O2. The Labute approximate surface area is 178 Å². The number of hydrogen-bond acceptors (Lipinski definition) is 7. The van der Waals surface area contributed by atoms with Crippen molar-refractivity contribution in [2.24, 2.45) is 0 Å². The number of methoxy groups -OCH3 is 1. The number of amides is 1. The molecule has 0 unspecified atom stereocenters. The minimum Gasteiger partial charge on any atom is -0.497 e. The molecule has 1 aliphatic rings. The molecule has 0 aliphatic carbocycles. The second-order valence-corrected chi connectivity index (χ2v) is 7.85. The summed E-state index contributed by atoms with van der Waals surface area (Å²) in [5.74, 6) is 2.76. The maximum absolute atomic E-state index is 12.5. The third-order valence-corrected chi connectivity index (χ3v) is 5.21. The van der Waals surface area contributed by atoms with Crippen LogP contribution in [-0.4, -0.2) is 68.7 Å². The molecule has 0 saturated carbocycles. The van der Waals surface area contributed by atoms with E-state index in [1.54, 1.807) is 7.11 Å². The largest absolute Gasteiger partial charge is 0.497 e. The molecule has 162 valence electrons. The Bertz CT molecular complexity index is 840. The van der Waals surface area contributed by atoms with Gasteiger partial charge in [-0.3, -0.25) is 9.69 Å².